The molecule has 2 heterocycles. The summed E-state index contributed by atoms with van der Waals surface area (Å²) in [7, 11) is 4.22. The van der Waals surface area contributed by atoms with Crippen molar-refractivity contribution in [3.05, 3.63) is 24.2 Å². The zero-order valence-electron chi connectivity index (χ0n) is 13.2. The highest BCUT2D eigenvalue weighted by molar-refractivity contribution is 5.77. The molecule has 5 nitrogen and oxygen atoms in total. The molecule has 0 bridgehead atoms. The summed E-state index contributed by atoms with van der Waals surface area (Å²) in [5.41, 5.74) is 0. The SMILES string of the molecule is CN(CCC1CCCCN1C)CC(=O)NCc1ccco1. The van der Waals surface area contributed by atoms with Crippen molar-refractivity contribution in [3.63, 3.8) is 0 Å². The minimum absolute atomic E-state index is 0.0471. The van der Waals surface area contributed by atoms with Gasteiger partial charge in [0.2, 0.25) is 5.91 Å². The fourth-order valence-electron chi connectivity index (χ4n) is 2.86. The summed E-state index contributed by atoms with van der Waals surface area (Å²) in [5, 5.41) is 2.88. The van der Waals surface area contributed by atoms with Gasteiger partial charge in [0.15, 0.2) is 0 Å². The molecule has 1 amide bonds. The first kappa shape index (κ1) is 16.0. The molecule has 118 valence electrons. The standard InChI is InChI=1S/C16H27N3O2/c1-18(10-8-14-6-3-4-9-19(14)2)13-16(20)17-12-15-7-5-11-21-15/h5,7,11,14H,3-4,6,8-10,12-13H2,1-2H3,(H,17,20). The number of likely N-dealkylation sites (tertiary alicyclic amines) is 1. The van der Waals surface area contributed by atoms with Gasteiger partial charge in [0, 0.05) is 6.04 Å². The topological polar surface area (TPSA) is 48.7 Å². The quantitative estimate of drug-likeness (QED) is 0.831. The van der Waals surface area contributed by atoms with Crippen LogP contribution in [0.1, 0.15) is 31.4 Å². The third-order valence-corrected chi connectivity index (χ3v) is 4.22. The first-order chi connectivity index (χ1) is 10.1. The summed E-state index contributed by atoms with van der Waals surface area (Å²) < 4.78 is 5.19. The number of amides is 1. The van der Waals surface area contributed by atoms with Crippen molar-refractivity contribution in [2.24, 2.45) is 0 Å². The van der Waals surface area contributed by atoms with Gasteiger partial charge in [0.25, 0.3) is 0 Å². The molecule has 21 heavy (non-hydrogen) atoms. The predicted octanol–water partition coefficient (Wildman–Crippen LogP) is 1.70. The second-order valence-corrected chi connectivity index (χ2v) is 6.01. The highest BCUT2D eigenvalue weighted by Gasteiger charge is 2.19. The highest BCUT2D eigenvalue weighted by Crippen LogP contribution is 2.17. The minimum Gasteiger partial charge on any atom is -0.467 e. The van der Waals surface area contributed by atoms with Crippen LogP contribution in [0.15, 0.2) is 22.8 Å². The third-order valence-electron chi connectivity index (χ3n) is 4.22. The van der Waals surface area contributed by atoms with E-state index in [9.17, 15) is 4.79 Å². The number of piperidine rings is 1. The maximum Gasteiger partial charge on any atom is 0.234 e. The Labute approximate surface area is 127 Å². The third kappa shape index (κ3) is 5.52. The van der Waals surface area contributed by atoms with Gasteiger partial charge in [-0.3, -0.25) is 9.69 Å². The maximum absolute atomic E-state index is 11.9. The normalized spacial score (nSPS) is 19.9. The Morgan fingerprint density at radius 2 is 2.38 bits per heavy atom. The van der Waals surface area contributed by atoms with E-state index >= 15 is 0 Å². The van der Waals surface area contributed by atoms with Gasteiger partial charge in [-0.15, -0.1) is 0 Å². The predicted molar refractivity (Wildman–Crippen MR) is 82.9 cm³/mol. The van der Waals surface area contributed by atoms with E-state index < -0.39 is 0 Å². The lowest BCUT2D eigenvalue weighted by atomic mass is 10.00. The molecule has 1 fully saturated rings. The van der Waals surface area contributed by atoms with Crippen LogP contribution in [0.3, 0.4) is 0 Å². The summed E-state index contributed by atoms with van der Waals surface area (Å²) in [6.07, 6.45) is 6.70. The van der Waals surface area contributed by atoms with E-state index in [1.807, 2.05) is 19.2 Å². The largest absolute Gasteiger partial charge is 0.467 e. The Morgan fingerprint density at radius 3 is 3.10 bits per heavy atom. The number of nitrogens with one attached hydrogen (secondary N) is 1. The molecule has 1 aromatic heterocycles. The number of rotatable bonds is 7. The van der Waals surface area contributed by atoms with Crippen molar-refractivity contribution in [1.29, 1.82) is 0 Å². The van der Waals surface area contributed by atoms with Crippen LogP contribution in [0.5, 0.6) is 0 Å². The van der Waals surface area contributed by atoms with E-state index in [1.54, 1.807) is 6.26 Å². The number of nitrogens with zero attached hydrogens (tertiary/aromatic N) is 2. The van der Waals surface area contributed by atoms with E-state index in [2.05, 4.69) is 22.2 Å². The summed E-state index contributed by atoms with van der Waals surface area (Å²) in [6.45, 7) is 3.07. The molecule has 1 aliphatic heterocycles. The van der Waals surface area contributed by atoms with E-state index in [4.69, 9.17) is 4.42 Å². The number of furan rings is 1. The van der Waals surface area contributed by atoms with Gasteiger partial charge in [0.1, 0.15) is 5.76 Å². The Balaban J connectivity index is 1.61. The van der Waals surface area contributed by atoms with Gasteiger partial charge in [-0.2, -0.15) is 0 Å². The molecule has 1 aromatic rings. The van der Waals surface area contributed by atoms with Gasteiger partial charge < -0.3 is 14.6 Å². The molecule has 1 saturated heterocycles. The van der Waals surface area contributed by atoms with Gasteiger partial charge in [-0.1, -0.05) is 6.42 Å². The Morgan fingerprint density at radius 1 is 1.52 bits per heavy atom. The Bertz CT molecular complexity index is 419. The monoisotopic (exact) mass is 293 g/mol. The number of hydrogen-bond acceptors (Lipinski definition) is 4. The van der Waals surface area contributed by atoms with Crippen molar-refractivity contribution >= 4 is 5.91 Å². The first-order valence-electron chi connectivity index (χ1n) is 7.83. The maximum atomic E-state index is 11.9. The molecule has 1 N–H and O–H groups in total. The number of carbonyl (C=O) groups excluding carboxylic acids is 1. The Hall–Kier alpha value is -1.33. The van der Waals surface area contributed by atoms with Crippen molar-refractivity contribution in [1.82, 2.24) is 15.1 Å². The summed E-state index contributed by atoms with van der Waals surface area (Å²) in [6, 6.07) is 4.37. The fourth-order valence-corrected chi connectivity index (χ4v) is 2.86. The lowest BCUT2D eigenvalue weighted by Gasteiger charge is -2.33. The van der Waals surface area contributed by atoms with Gasteiger partial charge in [-0.25, -0.2) is 0 Å². The lowest BCUT2D eigenvalue weighted by molar-refractivity contribution is -0.122. The smallest absolute Gasteiger partial charge is 0.234 e. The van der Waals surface area contributed by atoms with Crippen LogP contribution in [0.25, 0.3) is 0 Å². The molecule has 1 unspecified atom stereocenters. The summed E-state index contributed by atoms with van der Waals surface area (Å²) >= 11 is 0. The molecule has 1 atom stereocenters. The van der Waals surface area contributed by atoms with Gasteiger partial charge in [0.05, 0.1) is 19.4 Å². The van der Waals surface area contributed by atoms with Crippen molar-refractivity contribution in [3.8, 4) is 0 Å². The number of likely N-dealkylation sites (N-methyl/N-ethyl adjacent to an activating group) is 1. The van der Waals surface area contributed by atoms with Crippen LogP contribution in [0.2, 0.25) is 0 Å². The van der Waals surface area contributed by atoms with Crippen LogP contribution in [-0.2, 0) is 11.3 Å². The second-order valence-electron chi connectivity index (χ2n) is 6.01. The fraction of sp³-hybridized carbons (Fsp3) is 0.688. The molecule has 0 radical (unpaired) electrons. The van der Waals surface area contributed by atoms with E-state index in [0.29, 0.717) is 19.1 Å². The molecule has 2 rings (SSSR count). The molecule has 1 aliphatic rings. The molecule has 0 aromatic carbocycles. The van der Waals surface area contributed by atoms with Gasteiger partial charge in [-0.05, 0) is 58.6 Å². The van der Waals surface area contributed by atoms with Crippen LogP contribution in [0.4, 0.5) is 0 Å². The average molecular weight is 293 g/mol. The van der Waals surface area contributed by atoms with Crippen LogP contribution >= 0.6 is 0 Å². The zero-order chi connectivity index (χ0) is 15.1. The van der Waals surface area contributed by atoms with Crippen LogP contribution < -0.4 is 5.32 Å². The van der Waals surface area contributed by atoms with Crippen molar-refractivity contribution < 1.29 is 9.21 Å². The molecular formula is C16H27N3O2. The molecule has 0 saturated carbocycles. The number of carbonyl (C=O) groups is 1. The molecule has 0 aliphatic carbocycles. The van der Waals surface area contributed by atoms with Crippen molar-refractivity contribution in [2.45, 2.75) is 38.3 Å². The minimum atomic E-state index is 0.0471. The summed E-state index contributed by atoms with van der Waals surface area (Å²) in [4.78, 5) is 16.4. The molecule has 5 heteroatoms. The van der Waals surface area contributed by atoms with E-state index in [0.717, 1.165) is 18.7 Å². The highest BCUT2D eigenvalue weighted by atomic mass is 16.3. The zero-order valence-corrected chi connectivity index (χ0v) is 13.2. The van der Waals surface area contributed by atoms with Crippen LogP contribution in [0, 0.1) is 0 Å². The lowest BCUT2D eigenvalue weighted by Crippen LogP contribution is -2.40. The van der Waals surface area contributed by atoms with E-state index in [1.165, 1.54) is 25.8 Å². The summed E-state index contributed by atoms with van der Waals surface area (Å²) in [5.74, 6) is 0.834. The van der Waals surface area contributed by atoms with Gasteiger partial charge >= 0.3 is 0 Å². The van der Waals surface area contributed by atoms with Crippen LogP contribution in [-0.4, -0.2) is 55.5 Å². The van der Waals surface area contributed by atoms with E-state index in [-0.39, 0.29) is 5.91 Å². The second kappa shape index (κ2) is 8.20. The number of hydrogen-bond donors (Lipinski definition) is 1. The Kier molecular flexibility index (Phi) is 6.26. The molecular weight excluding hydrogens is 266 g/mol. The first-order valence-corrected chi connectivity index (χ1v) is 7.83. The average Bonchev–Trinajstić information content (AvgIpc) is 2.97. The molecule has 0 spiro atoms. The van der Waals surface area contributed by atoms with Crippen molar-refractivity contribution in [2.75, 3.05) is 33.7 Å².